The standard InChI is InChI=1S/C86H158N30O20/c1-11-49(9)67(78(130)102-44-64(120)103-52(27-19-37-98-84(92)93)71(123)110-59(45-117)76(128)106-53(25-14-17-35-88)72(124)105-55(28-20-38-99-85(94)95)74(126)111-65(47(5)6)79(131)112-66(48(7)8)80(132)114-68(83(135)136)50(10)12-2)113-75(127)56(32-33-62(91)118)104-63(119)43-101-70(122)58(42-46(3)4)109-73(125)54(26-15-18-36-89)107-77(129)60-30-22-40-115(60)82(134)61-31-23-41-116(61)81(133)57(29-21-39-100-86(96)97)108-69(121)51(90)24-13-16-34-87/h46-61,65-68,117H,11-45,87-90H2,1-10H3,(H2,91,118)(H,101,122)(H,102,130)(H,103,120)(H,104,119)(H,105,124)(H,106,128)(H,107,129)(H,108,121)(H,109,125)(H,110,123)(H,111,126)(H,112,131)(H,113,127)(H,114,132)(H,135,136)(H4,92,93,98)(H4,94,95,99)(H4,96,97,100)/t49-,50-,51-,52-,53-,54-,55-,56-,57-,58-,59-,60-,61-,65-,66-,67-,68-/m0/s1. The molecule has 17 amide bonds. The summed E-state index contributed by atoms with van der Waals surface area (Å²) < 4.78 is 0. The lowest BCUT2D eigenvalue weighted by atomic mass is 9.96. The van der Waals surface area contributed by atoms with Gasteiger partial charge >= 0.3 is 5.97 Å². The summed E-state index contributed by atoms with van der Waals surface area (Å²) in [6, 6.07) is -20.1. The summed E-state index contributed by atoms with van der Waals surface area (Å²) in [5.41, 5.74) is 62.3. The van der Waals surface area contributed by atoms with Crippen molar-refractivity contribution in [3.05, 3.63) is 0 Å². The Morgan fingerprint density at radius 2 is 0.735 bits per heavy atom. The minimum Gasteiger partial charge on any atom is -0.480 e. The van der Waals surface area contributed by atoms with Crippen molar-refractivity contribution < 1.29 is 96.5 Å². The molecule has 0 aromatic carbocycles. The first-order valence-electron chi connectivity index (χ1n) is 47.2. The summed E-state index contributed by atoms with van der Waals surface area (Å²) in [7, 11) is 0. The number of carbonyl (C=O) groups excluding carboxylic acids is 17. The molecule has 0 bridgehead atoms. The fraction of sp³-hybridized carbons (Fsp3) is 0.756. The molecule has 2 saturated heterocycles. The quantitative estimate of drug-likeness (QED) is 0.0153. The summed E-state index contributed by atoms with van der Waals surface area (Å²) in [4.78, 5) is 266. The van der Waals surface area contributed by atoms with Crippen LogP contribution in [0.4, 0.5) is 0 Å². The Bertz CT molecular complexity index is 4000. The van der Waals surface area contributed by atoms with E-state index in [4.69, 9.17) is 63.1 Å². The molecule has 2 rings (SSSR count). The predicted octanol–water partition coefficient (Wildman–Crippen LogP) is -8.31. The first-order chi connectivity index (χ1) is 64.2. The van der Waals surface area contributed by atoms with Gasteiger partial charge in [-0.1, -0.05) is 88.5 Å². The van der Waals surface area contributed by atoms with Gasteiger partial charge in [-0.25, -0.2) is 4.79 Å². The van der Waals surface area contributed by atoms with Crippen LogP contribution in [-0.4, -0.2) is 307 Å². The number of aliphatic hydroxyl groups is 1. The fourth-order valence-electron chi connectivity index (χ4n) is 15.0. The lowest BCUT2D eigenvalue weighted by molar-refractivity contribution is -0.148. The third kappa shape index (κ3) is 44.3. The first kappa shape index (κ1) is 120. The Balaban J connectivity index is 2.39. The van der Waals surface area contributed by atoms with Crippen molar-refractivity contribution in [1.29, 1.82) is 0 Å². The third-order valence-corrected chi connectivity index (χ3v) is 23.3. The smallest absolute Gasteiger partial charge is 0.326 e. The molecule has 2 aliphatic heterocycles. The van der Waals surface area contributed by atoms with Crippen molar-refractivity contribution in [2.75, 3.05) is 72.1 Å². The van der Waals surface area contributed by atoms with Crippen molar-refractivity contribution in [3.8, 4) is 0 Å². The van der Waals surface area contributed by atoms with Crippen LogP contribution in [0.25, 0.3) is 0 Å². The SMILES string of the molecule is CC[C@H](C)[C@H](NC(=O)[C@@H](NC(=O)[C@@H](NC(=O)[C@H](CCCN=C(N)N)NC(=O)[C@H](CCCCN)NC(=O)[C@H](CO)NC(=O)[C@H](CCCN=C(N)N)NC(=O)CNC(=O)[C@@H](NC(=O)[C@H](CCC(N)=O)NC(=O)CNC(=O)[C@H](CC(C)C)NC(=O)[C@H](CCCCN)NC(=O)[C@@H]1CCCN1C(=O)[C@@H]1CCCN1C(=O)[C@H](CCCN=C(N)N)NC(=O)[C@@H](N)CCCCN)[C@@H](C)CC)C(C)C)C(C)C)C(=O)O. The van der Waals surface area contributed by atoms with Gasteiger partial charge in [0.2, 0.25) is 100 Å². The zero-order valence-electron chi connectivity index (χ0n) is 80.6. The number of aliphatic carboxylic acids is 1. The number of hydrogen-bond acceptors (Lipinski definition) is 26. The van der Waals surface area contributed by atoms with Crippen LogP contribution in [0.3, 0.4) is 0 Å². The molecular formula is C86H158N30O20. The molecule has 0 unspecified atom stereocenters. The number of nitrogens with two attached hydrogens (primary N) is 11. The van der Waals surface area contributed by atoms with Crippen LogP contribution in [0.15, 0.2) is 15.0 Å². The van der Waals surface area contributed by atoms with E-state index in [1.807, 2.05) is 0 Å². The summed E-state index contributed by atoms with van der Waals surface area (Å²) in [5, 5.41) is 56.5. The molecule has 2 fully saturated rings. The van der Waals surface area contributed by atoms with Crippen LogP contribution in [-0.2, 0) is 86.3 Å². The highest BCUT2D eigenvalue weighted by Gasteiger charge is 2.46. The second-order valence-corrected chi connectivity index (χ2v) is 35.6. The molecule has 17 atom stereocenters. The maximum Gasteiger partial charge on any atom is 0.326 e. The van der Waals surface area contributed by atoms with Gasteiger partial charge in [-0.15, -0.1) is 0 Å². The van der Waals surface area contributed by atoms with Crippen molar-refractivity contribution in [1.82, 2.24) is 84.2 Å². The van der Waals surface area contributed by atoms with E-state index in [0.29, 0.717) is 64.3 Å². The topological polar surface area (TPSA) is 846 Å². The van der Waals surface area contributed by atoms with E-state index in [2.05, 4.69) is 89.4 Å². The number of amides is 17. The zero-order valence-corrected chi connectivity index (χ0v) is 80.6. The molecule has 50 nitrogen and oxygen atoms in total. The maximum atomic E-state index is 14.6. The number of carbonyl (C=O) groups is 18. The number of nitrogens with one attached hydrogen (secondary N) is 14. The maximum absolute atomic E-state index is 14.6. The van der Waals surface area contributed by atoms with Crippen LogP contribution in [0.1, 0.15) is 223 Å². The molecule has 2 aliphatic rings. The number of nitrogens with zero attached hydrogens (tertiary/aromatic N) is 5. The molecule has 50 heteroatoms. The number of primary amides is 1. The van der Waals surface area contributed by atoms with E-state index in [1.165, 1.54) is 9.80 Å². The molecule has 0 aromatic rings. The Morgan fingerprint density at radius 1 is 0.375 bits per heavy atom. The Morgan fingerprint density at radius 3 is 1.17 bits per heavy atom. The van der Waals surface area contributed by atoms with Crippen LogP contribution < -0.4 is 138 Å². The van der Waals surface area contributed by atoms with Gasteiger partial charge in [-0.3, -0.25) is 96.5 Å². The Kier molecular flexibility index (Phi) is 56.7. The molecule has 0 aromatic heterocycles. The molecule has 0 saturated carbocycles. The van der Waals surface area contributed by atoms with Gasteiger partial charge in [-0.2, -0.15) is 0 Å². The predicted molar refractivity (Wildman–Crippen MR) is 506 cm³/mol. The number of unbranched alkanes of at least 4 members (excludes halogenated alkanes) is 3. The average molecular weight is 1930 g/mol. The lowest BCUT2D eigenvalue weighted by Gasteiger charge is -2.33. The fourth-order valence-corrected chi connectivity index (χ4v) is 15.0. The van der Waals surface area contributed by atoms with Crippen LogP contribution >= 0.6 is 0 Å². The van der Waals surface area contributed by atoms with Gasteiger partial charge in [-0.05, 0) is 178 Å². The van der Waals surface area contributed by atoms with E-state index in [0.717, 1.165) is 0 Å². The largest absolute Gasteiger partial charge is 0.480 e. The minimum absolute atomic E-state index is 0.00346. The highest BCUT2D eigenvalue weighted by atomic mass is 16.4. The van der Waals surface area contributed by atoms with E-state index in [-0.39, 0.29) is 153 Å². The minimum atomic E-state index is -1.84. The van der Waals surface area contributed by atoms with Crippen molar-refractivity contribution in [2.24, 2.45) is 108 Å². The average Bonchev–Trinajstić information content (AvgIpc) is 1.65. The number of guanidine groups is 3. The summed E-state index contributed by atoms with van der Waals surface area (Å²) in [5.74, 6) is -19.2. The number of carboxylic acids is 1. The van der Waals surface area contributed by atoms with E-state index in [9.17, 15) is 96.5 Å². The number of rotatable bonds is 67. The van der Waals surface area contributed by atoms with Gasteiger partial charge in [0, 0.05) is 39.1 Å². The molecule has 0 radical (unpaired) electrons. The molecule has 0 aliphatic carbocycles. The second-order valence-electron chi connectivity index (χ2n) is 35.6. The van der Waals surface area contributed by atoms with Gasteiger partial charge in [0.25, 0.3) is 0 Å². The van der Waals surface area contributed by atoms with Gasteiger partial charge < -0.3 is 158 Å². The van der Waals surface area contributed by atoms with Crippen molar-refractivity contribution in [2.45, 2.75) is 314 Å². The molecule has 136 heavy (non-hydrogen) atoms. The van der Waals surface area contributed by atoms with E-state index < -0.39 is 253 Å². The highest BCUT2D eigenvalue weighted by molar-refractivity contribution is 6.01. The number of likely N-dealkylation sites (tertiary alicyclic amines) is 2. The lowest BCUT2D eigenvalue weighted by Crippen LogP contribution is -2.61. The van der Waals surface area contributed by atoms with Crippen LogP contribution in [0.2, 0.25) is 0 Å². The number of hydrogen-bond donors (Lipinski definition) is 27. The van der Waals surface area contributed by atoms with Crippen molar-refractivity contribution >= 4 is 124 Å². The number of aliphatic imine (C=N–C) groups is 3. The first-order valence-corrected chi connectivity index (χ1v) is 47.2. The molecule has 2 heterocycles. The Hall–Kier alpha value is -11.9. The normalized spacial score (nSPS) is 16.8. The molecule has 0 spiro atoms. The van der Waals surface area contributed by atoms with Gasteiger partial charge in [0.05, 0.1) is 25.7 Å². The van der Waals surface area contributed by atoms with Crippen LogP contribution in [0.5, 0.6) is 0 Å². The van der Waals surface area contributed by atoms with Gasteiger partial charge in [0.15, 0.2) is 17.9 Å². The number of aliphatic hydroxyl groups excluding tert-OH is 1. The monoisotopic (exact) mass is 1930 g/mol. The second kappa shape index (κ2) is 64.2. The number of carboxylic acid groups (broad SMARTS) is 1. The molecular weight excluding hydrogens is 1770 g/mol. The Labute approximate surface area is 795 Å². The zero-order chi connectivity index (χ0) is 103. The summed E-state index contributed by atoms with van der Waals surface area (Å²) in [6.07, 6.45) is 3.80. The van der Waals surface area contributed by atoms with E-state index >= 15 is 0 Å². The molecule has 38 N–H and O–H groups in total. The summed E-state index contributed by atoms with van der Waals surface area (Å²) >= 11 is 0. The third-order valence-electron chi connectivity index (χ3n) is 23.3. The van der Waals surface area contributed by atoms with Gasteiger partial charge in [0.1, 0.15) is 84.6 Å². The van der Waals surface area contributed by atoms with Crippen LogP contribution in [0, 0.1) is 29.6 Å². The molecule has 772 valence electrons. The van der Waals surface area contributed by atoms with E-state index in [1.54, 1.807) is 69.2 Å². The van der Waals surface area contributed by atoms with Crippen molar-refractivity contribution in [3.63, 3.8) is 0 Å². The summed E-state index contributed by atoms with van der Waals surface area (Å²) in [6.45, 7) is 15.0. The highest BCUT2D eigenvalue weighted by Crippen LogP contribution is 2.27.